The number of aliphatic hydroxyl groups excluding tert-OH is 1. The minimum atomic E-state index is -0.514. The molecular formula is C12H14N4O3S. The molecule has 20 heavy (non-hydrogen) atoms. The van der Waals surface area contributed by atoms with E-state index in [9.17, 15) is 9.90 Å². The lowest BCUT2D eigenvalue weighted by molar-refractivity contribution is -0.0277. The third kappa shape index (κ3) is 2.01. The molecule has 3 atom stereocenters. The molecule has 0 aromatic carbocycles. The summed E-state index contributed by atoms with van der Waals surface area (Å²) < 4.78 is 7.86. The molecular weight excluding hydrogens is 280 g/mol. The highest BCUT2D eigenvalue weighted by atomic mass is 32.1. The van der Waals surface area contributed by atoms with Crippen molar-refractivity contribution in [2.24, 2.45) is 5.92 Å². The molecule has 3 rings (SSSR count). The van der Waals surface area contributed by atoms with E-state index in [1.807, 2.05) is 0 Å². The molecule has 0 unspecified atom stereocenters. The molecule has 0 aliphatic carbocycles. The highest BCUT2D eigenvalue weighted by molar-refractivity contribution is 7.16. The molecule has 106 valence electrons. The number of aliphatic hydroxyl groups is 1. The molecule has 0 amide bonds. The van der Waals surface area contributed by atoms with Crippen molar-refractivity contribution < 1.29 is 9.84 Å². The zero-order valence-corrected chi connectivity index (χ0v) is 11.4. The van der Waals surface area contributed by atoms with E-state index in [1.54, 1.807) is 6.08 Å². The molecule has 1 fully saturated rings. The molecule has 3 heterocycles. The smallest absolute Gasteiger partial charge is 0.311 e. The van der Waals surface area contributed by atoms with Crippen LogP contribution in [0.5, 0.6) is 0 Å². The summed E-state index contributed by atoms with van der Waals surface area (Å²) in [4.78, 5) is 20.0. The van der Waals surface area contributed by atoms with Crippen LogP contribution in [0.15, 0.2) is 23.6 Å². The lowest BCUT2D eigenvalue weighted by Crippen LogP contribution is -2.24. The van der Waals surface area contributed by atoms with Crippen LogP contribution in [0.1, 0.15) is 12.6 Å². The van der Waals surface area contributed by atoms with E-state index in [1.165, 1.54) is 10.8 Å². The van der Waals surface area contributed by atoms with Gasteiger partial charge in [0.2, 0.25) is 5.95 Å². The molecule has 0 radical (unpaired) electrons. The summed E-state index contributed by atoms with van der Waals surface area (Å²) in [7, 11) is 0. The van der Waals surface area contributed by atoms with Crippen LogP contribution < -0.4 is 10.6 Å². The van der Waals surface area contributed by atoms with Crippen LogP contribution in [0.2, 0.25) is 0 Å². The molecule has 1 aliphatic rings. The largest absolute Gasteiger partial charge is 0.394 e. The van der Waals surface area contributed by atoms with Gasteiger partial charge in [-0.3, -0.25) is 9.36 Å². The number of thiazole rings is 1. The number of nitrogens with zero attached hydrogens (tertiary/aromatic N) is 3. The molecule has 2 aromatic heterocycles. The monoisotopic (exact) mass is 294 g/mol. The number of fused-ring (bicyclic) bond motifs is 1. The summed E-state index contributed by atoms with van der Waals surface area (Å²) in [5, 5.41) is 9.23. The van der Waals surface area contributed by atoms with Crippen molar-refractivity contribution in [2.45, 2.75) is 18.8 Å². The minimum absolute atomic E-state index is 0.0566. The lowest BCUT2D eigenvalue weighted by atomic mass is 10.0. The van der Waals surface area contributed by atoms with Crippen LogP contribution >= 0.6 is 11.3 Å². The Kier molecular flexibility index (Phi) is 3.28. The minimum Gasteiger partial charge on any atom is -0.394 e. The van der Waals surface area contributed by atoms with Gasteiger partial charge >= 0.3 is 4.87 Å². The van der Waals surface area contributed by atoms with Gasteiger partial charge in [-0.05, 0) is 6.42 Å². The van der Waals surface area contributed by atoms with E-state index in [0.717, 1.165) is 11.3 Å². The Morgan fingerprint density at radius 3 is 3.20 bits per heavy atom. The van der Waals surface area contributed by atoms with E-state index in [2.05, 4.69) is 16.5 Å². The molecule has 3 N–H and O–H groups in total. The predicted molar refractivity (Wildman–Crippen MR) is 75.4 cm³/mol. The van der Waals surface area contributed by atoms with Crippen LogP contribution in [0.4, 0.5) is 5.95 Å². The highest BCUT2D eigenvalue weighted by Crippen LogP contribution is 2.36. The number of nitrogen functional groups attached to an aromatic ring is 1. The van der Waals surface area contributed by atoms with E-state index in [0.29, 0.717) is 16.8 Å². The molecule has 2 aromatic rings. The third-order valence-corrected chi connectivity index (χ3v) is 4.25. The van der Waals surface area contributed by atoms with Gasteiger partial charge in [0.25, 0.3) is 0 Å². The van der Waals surface area contributed by atoms with Crippen molar-refractivity contribution in [1.29, 1.82) is 0 Å². The first kappa shape index (κ1) is 13.2. The van der Waals surface area contributed by atoms with Gasteiger partial charge in [0.05, 0.1) is 23.6 Å². The maximum atomic E-state index is 12.2. The first-order valence-electron chi connectivity index (χ1n) is 6.16. The second-order valence-corrected chi connectivity index (χ2v) is 5.61. The topological polar surface area (TPSA) is 103 Å². The zero-order valence-electron chi connectivity index (χ0n) is 10.6. The van der Waals surface area contributed by atoms with Crippen LogP contribution in [0.25, 0.3) is 10.3 Å². The molecule has 8 heteroatoms. The van der Waals surface area contributed by atoms with Crippen molar-refractivity contribution in [3.8, 4) is 0 Å². The summed E-state index contributed by atoms with van der Waals surface area (Å²) in [6.07, 6.45) is 3.07. The number of hydrogen-bond donors (Lipinski definition) is 2. The Morgan fingerprint density at radius 2 is 2.50 bits per heavy atom. The van der Waals surface area contributed by atoms with E-state index in [-0.39, 0.29) is 29.5 Å². The SMILES string of the molecule is C=C[C@@H]1C[C@@H](CO)O[C@H]1n1c(=O)sc2cnc(N)nc21. The fraction of sp³-hybridized carbons (Fsp3) is 0.417. The summed E-state index contributed by atoms with van der Waals surface area (Å²) in [5.41, 5.74) is 6.05. The van der Waals surface area contributed by atoms with E-state index < -0.39 is 6.23 Å². The molecule has 0 saturated carbocycles. The molecule has 7 nitrogen and oxygen atoms in total. The Hall–Kier alpha value is -1.77. The lowest BCUT2D eigenvalue weighted by Gasteiger charge is -2.17. The average molecular weight is 294 g/mol. The predicted octanol–water partition coefficient (Wildman–Crippen LogP) is 0.517. The van der Waals surface area contributed by atoms with Crippen molar-refractivity contribution in [3.05, 3.63) is 28.5 Å². The maximum absolute atomic E-state index is 12.2. The van der Waals surface area contributed by atoms with Gasteiger partial charge in [-0.1, -0.05) is 17.4 Å². The summed E-state index contributed by atoms with van der Waals surface area (Å²) in [6.45, 7) is 3.68. The number of ether oxygens (including phenoxy) is 1. The second-order valence-electron chi connectivity index (χ2n) is 4.62. The van der Waals surface area contributed by atoms with Crippen molar-refractivity contribution >= 4 is 27.6 Å². The summed E-state index contributed by atoms with van der Waals surface area (Å²) >= 11 is 1.05. The second kappa shape index (κ2) is 4.97. The van der Waals surface area contributed by atoms with E-state index >= 15 is 0 Å². The van der Waals surface area contributed by atoms with Crippen molar-refractivity contribution in [3.63, 3.8) is 0 Å². The van der Waals surface area contributed by atoms with Gasteiger partial charge < -0.3 is 15.6 Å². The molecule has 1 aliphatic heterocycles. The van der Waals surface area contributed by atoms with Gasteiger partial charge in [-0.25, -0.2) is 4.98 Å². The maximum Gasteiger partial charge on any atom is 0.311 e. The van der Waals surface area contributed by atoms with Gasteiger partial charge in [0.15, 0.2) is 5.65 Å². The number of aromatic nitrogens is 3. The standard InChI is InChI=1S/C12H14N4O3S/c1-2-6-3-7(5-17)19-10(6)16-9-8(20-12(16)18)4-14-11(13)15-9/h2,4,6-7,10,17H,1,3,5H2,(H2,13,14,15)/t6-,7+,10-/m1/s1. The third-order valence-electron chi connectivity index (χ3n) is 3.37. The van der Waals surface area contributed by atoms with Crippen molar-refractivity contribution in [1.82, 2.24) is 14.5 Å². The van der Waals surface area contributed by atoms with E-state index in [4.69, 9.17) is 10.5 Å². The van der Waals surface area contributed by atoms with Crippen LogP contribution in [-0.2, 0) is 4.74 Å². The number of hydrogen-bond acceptors (Lipinski definition) is 7. The Balaban J connectivity index is 2.13. The molecule has 0 spiro atoms. The summed E-state index contributed by atoms with van der Waals surface area (Å²) in [6, 6.07) is 0. The number of anilines is 1. The first-order valence-corrected chi connectivity index (χ1v) is 6.98. The normalized spacial score (nSPS) is 26.1. The van der Waals surface area contributed by atoms with Crippen LogP contribution in [0, 0.1) is 5.92 Å². The van der Waals surface area contributed by atoms with Gasteiger partial charge in [0, 0.05) is 5.92 Å². The summed E-state index contributed by atoms with van der Waals surface area (Å²) in [5.74, 6) is 0.0507. The zero-order chi connectivity index (χ0) is 14.3. The Labute approximate surface area is 118 Å². The van der Waals surface area contributed by atoms with Crippen LogP contribution in [-0.4, -0.2) is 32.4 Å². The van der Waals surface area contributed by atoms with Crippen molar-refractivity contribution in [2.75, 3.05) is 12.3 Å². The Morgan fingerprint density at radius 1 is 1.70 bits per heavy atom. The van der Waals surface area contributed by atoms with Gasteiger partial charge in [0.1, 0.15) is 6.23 Å². The quantitative estimate of drug-likeness (QED) is 0.800. The van der Waals surface area contributed by atoms with Gasteiger partial charge in [-0.2, -0.15) is 4.98 Å². The highest BCUT2D eigenvalue weighted by Gasteiger charge is 2.36. The number of nitrogens with two attached hydrogens (primary N) is 1. The van der Waals surface area contributed by atoms with Gasteiger partial charge in [-0.15, -0.1) is 6.58 Å². The first-order chi connectivity index (χ1) is 9.63. The fourth-order valence-electron chi connectivity index (χ4n) is 2.43. The fourth-order valence-corrected chi connectivity index (χ4v) is 3.25. The Bertz CT molecular complexity index is 710. The molecule has 0 bridgehead atoms. The molecule has 1 saturated heterocycles. The average Bonchev–Trinajstić information content (AvgIpc) is 2.98. The number of rotatable bonds is 3. The van der Waals surface area contributed by atoms with Crippen LogP contribution in [0.3, 0.4) is 0 Å².